The molecule has 0 aliphatic rings. The molecule has 0 unspecified atom stereocenters. The molecule has 0 aliphatic heterocycles. The fraction of sp³-hybridized carbons (Fsp3) is 0.200. The van der Waals surface area contributed by atoms with Gasteiger partial charge in [-0.1, -0.05) is 18.2 Å². The quantitative estimate of drug-likeness (QED) is 0.678. The molecule has 0 amide bonds. The zero-order valence-corrected chi connectivity index (χ0v) is 6.96. The minimum absolute atomic E-state index is 1.14. The van der Waals surface area contributed by atoms with Crippen molar-refractivity contribution in [3.63, 3.8) is 0 Å². The van der Waals surface area contributed by atoms with Crippen molar-refractivity contribution in [3.05, 3.63) is 42.1 Å². The SMILES string of the molecule is C/C=C/Nc1cccc(C)c1. The van der Waals surface area contributed by atoms with Gasteiger partial charge in [-0.15, -0.1) is 0 Å². The van der Waals surface area contributed by atoms with Gasteiger partial charge in [-0.3, -0.25) is 0 Å². The second-order valence-electron chi connectivity index (χ2n) is 2.51. The molecule has 0 saturated carbocycles. The number of aryl methyl sites for hydroxylation is 1. The van der Waals surface area contributed by atoms with E-state index < -0.39 is 0 Å². The third-order valence-electron chi connectivity index (χ3n) is 1.43. The van der Waals surface area contributed by atoms with Gasteiger partial charge in [0.05, 0.1) is 0 Å². The molecule has 0 fully saturated rings. The lowest BCUT2D eigenvalue weighted by Crippen LogP contribution is -1.86. The third-order valence-corrected chi connectivity index (χ3v) is 1.43. The maximum Gasteiger partial charge on any atom is 0.0382 e. The van der Waals surface area contributed by atoms with Crippen LogP contribution in [0.15, 0.2) is 36.5 Å². The smallest absolute Gasteiger partial charge is 0.0382 e. The molecule has 0 radical (unpaired) electrons. The van der Waals surface area contributed by atoms with Gasteiger partial charge < -0.3 is 5.32 Å². The highest BCUT2D eigenvalue weighted by Gasteiger charge is 1.86. The second-order valence-corrected chi connectivity index (χ2v) is 2.51. The molecule has 58 valence electrons. The van der Waals surface area contributed by atoms with Gasteiger partial charge in [0.1, 0.15) is 0 Å². The van der Waals surface area contributed by atoms with Crippen LogP contribution in [0.25, 0.3) is 0 Å². The first kappa shape index (κ1) is 7.86. The summed E-state index contributed by atoms with van der Waals surface area (Å²) in [5.41, 5.74) is 2.42. The molecule has 1 heteroatoms. The first-order valence-electron chi connectivity index (χ1n) is 3.77. The van der Waals surface area contributed by atoms with Gasteiger partial charge in [-0.05, 0) is 37.7 Å². The minimum atomic E-state index is 1.14. The Bertz CT molecular complexity index is 251. The van der Waals surface area contributed by atoms with E-state index in [1.165, 1.54) is 5.56 Å². The summed E-state index contributed by atoms with van der Waals surface area (Å²) in [5.74, 6) is 0. The molecule has 0 aliphatic carbocycles. The summed E-state index contributed by atoms with van der Waals surface area (Å²) in [5, 5.41) is 3.15. The van der Waals surface area contributed by atoms with Gasteiger partial charge in [0.2, 0.25) is 0 Å². The average molecular weight is 147 g/mol. The van der Waals surface area contributed by atoms with Crippen LogP contribution >= 0.6 is 0 Å². The monoisotopic (exact) mass is 147 g/mol. The topological polar surface area (TPSA) is 12.0 Å². The number of rotatable bonds is 2. The summed E-state index contributed by atoms with van der Waals surface area (Å²) in [7, 11) is 0. The molecule has 1 nitrogen and oxygen atoms in total. The molecule has 0 bridgehead atoms. The van der Waals surface area contributed by atoms with E-state index in [-0.39, 0.29) is 0 Å². The van der Waals surface area contributed by atoms with Crippen LogP contribution in [0.3, 0.4) is 0 Å². The van der Waals surface area contributed by atoms with Crippen LogP contribution in [0.4, 0.5) is 5.69 Å². The van der Waals surface area contributed by atoms with Crippen molar-refractivity contribution in [1.82, 2.24) is 0 Å². The predicted molar refractivity (Wildman–Crippen MR) is 49.6 cm³/mol. The standard InChI is InChI=1S/C10H13N/c1-3-7-11-10-6-4-5-9(2)8-10/h3-8,11H,1-2H3/b7-3+. The van der Waals surface area contributed by atoms with Crippen molar-refractivity contribution in [2.45, 2.75) is 13.8 Å². The maximum atomic E-state index is 3.15. The molecule has 1 aromatic carbocycles. The molecular formula is C10H13N. The molecular weight excluding hydrogens is 134 g/mol. The first-order chi connectivity index (χ1) is 5.33. The molecule has 1 aromatic rings. The number of anilines is 1. The van der Waals surface area contributed by atoms with Gasteiger partial charge in [-0.25, -0.2) is 0 Å². The summed E-state index contributed by atoms with van der Waals surface area (Å²) < 4.78 is 0. The highest BCUT2D eigenvalue weighted by Crippen LogP contribution is 2.08. The van der Waals surface area contributed by atoms with Crippen LogP contribution in [0, 0.1) is 6.92 Å². The van der Waals surface area contributed by atoms with E-state index in [0.29, 0.717) is 0 Å². The Morgan fingerprint density at radius 3 is 2.82 bits per heavy atom. The van der Waals surface area contributed by atoms with Gasteiger partial charge in [-0.2, -0.15) is 0 Å². The Balaban J connectivity index is 2.71. The largest absolute Gasteiger partial charge is 0.362 e. The van der Waals surface area contributed by atoms with E-state index in [9.17, 15) is 0 Å². The van der Waals surface area contributed by atoms with E-state index in [4.69, 9.17) is 0 Å². The normalized spacial score (nSPS) is 10.4. The van der Waals surface area contributed by atoms with Gasteiger partial charge in [0.15, 0.2) is 0 Å². The average Bonchev–Trinajstić information content (AvgIpc) is 2.01. The lowest BCUT2D eigenvalue weighted by molar-refractivity contribution is 1.45. The van der Waals surface area contributed by atoms with Crippen LogP contribution in [0.1, 0.15) is 12.5 Å². The summed E-state index contributed by atoms with van der Waals surface area (Å²) in [6.07, 6.45) is 3.90. The molecule has 0 atom stereocenters. The van der Waals surface area contributed by atoms with Crippen molar-refractivity contribution in [2.75, 3.05) is 5.32 Å². The fourth-order valence-corrected chi connectivity index (χ4v) is 0.914. The maximum absolute atomic E-state index is 3.15. The van der Waals surface area contributed by atoms with Crippen LogP contribution in [0.5, 0.6) is 0 Å². The Morgan fingerprint density at radius 1 is 1.36 bits per heavy atom. The minimum Gasteiger partial charge on any atom is -0.362 e. The highest BCUT2D eigenvalue weighted by atomic mass is 14.8. The number of nitrogens with one attached hydrogen (secondary N) is 1. The first-order valence-corrected chi connectivity index (χ1v) is 3.77. The Hall–Kier alpha value is -1.24. The van der Waals surface area contributed by atoms with Gasteiger partial charge in [0.25, 0.3) is 0 Å². The zero-order chi connectivity index (χ0) is 8.10. The van der Waals surface area contributed by atoms with Gasteiger partial charge >= 0.3 is 0 Å². The summed E-state index contributed by atoms with van der Waals surface area (Å²) >= 11 is 0. The molecule has 0 spiro atoms. The molecule has 0 aromatic heterocycles. The number of benzene rings is 1. The van der Waals surface area contributed by atoms with Crippen molar-refractivity contribution in [3.8, 4) is 0 Å². The summed E-state index contributed by atoms with van der Waals surface area (Å²) in [6.45, 7) is 4.07. The summed E-state index contributed by atoms with van der Waals surface area (Å²) in [6, 6.07) is 8.29. The Kier molecular flexibility index (Phi) is 2.73. The second kappa shape index (κ2) is 3.81. The van der Waals surface area contributed by atoms with Crippen molar-refractivity contribution >= 4 is 5.69 Å². The van der Waals surface area contributed by atoms with E-state index in [2.05, 4.69) is 24.4 Å². The molecule has 0 saturated heterocycles. The van der Waals surface area contributed by atoms with Crippen LogP contribution in [-0.2, 0) is 0 Å². The lowest BCUT2D eigenvalue weighted by Gasteiger charge is -2.00. The molecule has 1 N–H and O–H groups in total. The fourth-order valence-electron chi connectivity index (χ4n) is 0.914. The Labute approximate surface area is 67.8 Å². The van der Waals surface area contributed by atoms with Crippen LogP contribution < -0.4 is 5.32 Å². The van der Waals surface area contributed by atoms with E-state index >= 15 is 0 Å². The number of hydrogen-bond donors (Lipinski definition) is 1. The third kappa shape index (κ3) is 2.46. The van der Waals surface area contributed by atoms with E-state index in [0.717, 1.165) is 5.69 Å². The van der Waals surface area contributed by atoms with Crippen LogP contribution in [-0.4, -0.2) is 0 Å². The number of hydrogen-bond acceptors (Lipinski definition) is 1. The Morgan fingerprint density at radius 2 is 2.18 bits per heavy atom. The number of allylic oxidation sites excluding steroid dienone is 1. The molecule has 11 heavy (non-hydrogen) atoms. The van der Waals surface area contributed by atoms with Gasteiger partial charge in [0, 0.05) is 5.69 Å². The van der Waals surface area contributed by atoms with Crippen molar-refractivity contribution in [1.29, 1.82) is 0 Å². The van der Waals surface area contributed by atoms with Crippen LogP contribution in [0.2, 0.25) is 0 Å². The van der Waals surface area contributed by atoms with E-state index in [1.54, 1.807) is 0 Å². The van der Waals surface area contributed by atoms with Crippen molar-refractivity contribution in [2.24, 2.45) is 0 Å². The molecule has 0 heterocycles. The zero-order valence-electron chi connectivity index (χ0n) is 6.96. The summed E-state index contributed by atoms with van der Waals surface area (Å²) in [4.78, 5) is 0. The highest BCUT2D eigenvalue weighted by molar-refractivity contribution is 5.47. The lowest BCUT2D eigenvalue weighted by atomic mass is 10.2. The molecule has 1 rings (SSSR count). The predicted octanol–water partition coefficient (Wildman–Crippen LogP) is 2.94. The van der Waals surface area contributed by atoms with Crippen molar-refractivity contribution < 1.29 is 0 Å². The van der Waals surface area contributed by atoms with E-state index in [1.807, 2.05) is 31.3 Å².